The summed E-state index contributed by atoms with van der Waals surface area (Å²) in [5.74, 6) is -0.358. The van der Waals surface area contributed by atoms with Crippen LogP contribution in [0.15, 0.2) is 134 Å². The van der Waals surface area contributed by atoms with Gasteiger partial charge < -0.3 is 34.0 Å². The zero-order chi connectivity index (χ0) is 48.0. The lowest BCUT2D eigenvalue weighted by atomic mass is 10.0. The largest absolute Gasteiger partial charge is 0.756 e. The molecule has 0 rings (SSSR count). The van der Waals surface area contributed by atoms with Crippen LogP contribution in [0.2, 0.25) is 0 Å². The van der Waals surface area contributed by atoms with E-state index in [4.69, 9.17) is 9.05 Å². The molecule has 1 amide bonds. The number of carbonyl (C=O) groups excluding carboxylic acids is 1. The summed E-state index contributed by atoms with van der Waals surface area (Å²) >= 11 is 0. The maximum atomic E-state index is 12.9. The van der Waals surface area contributed by atoms with Gasteiger partial charge >= 0.3 is 0 Å². The lowest BCUT2D eigenvalue weighted by molar-refractivity contribution is -0.870. The van der Waals surface area contributed by atoms with Crippen molar-refractivity contribution in [3.05, 3.63) is 134 Å². The quantitative estimate of drug-likeness (QED) is 0.0241. The Balaban J connectivity index is 4.53. The third-order valence-corrected chi connectivity index (χ3v) is 10.9. The number of hydrogen-bond donors (Lipinski definition) is 3. The minimum atomic E-state index is -4.71. The summed E-state index contributed by atoms with van der Waals surface area (Å²) in [6.07, 6.45) is 63.7. The number of quaternary nitrogens is 1. The van der Waals surface area contributed by atoms with Gasteiger partial charge in [-0.25, -0.2) is 0 Å². The molecular formula is C55H91N2O7P. The minimum Gasteiger partial charge on any atom is -0.756 e. The molecule has 0 aliphatic carbocycles. The fourth-order valence-electron chi connectivity index (χ4n) is 6.03. The fourth-order valence-corrected chi connectivity index (χ4v) is 6.76. The molecule has 368 valence electrons. The van der Waals surface area contributed by atoms with E-state index in [1.807, 2.05) is 27.2 Å². The third kappa shape index (κ3) is 45.5. The van der Waals surface area contributed by atoms with Crippen molar-refractivity contribution >= 4 is 13.7 Å². The molecule has 0 radical (unpaired) electrons. The number of amides is 1. The van der Waals surface area contributed by atoms with Gasteiger partial charge in [-0.15, -0.1) is 0 Å². The second-order valence-electron chi connectivity index (χ2n) is 17.2. The monoisotopic (exact) mass is 923 g/mol. The molecule has 0 aromatic heterocycles. The molecule has 4 unspecified atom stereocenters. The Bertz CT molecular complexity index is 1530. The average Bonchev–Trinajstić information content (AvgIpc) is 3.26. The van der Waals surface area contributed by atoms with Crippen LogP contribution in [0.25, 0.3) is 0 Å². The SMILES string of the molecule is CC/C=C\C/C=C\C/C=C\C/C=C\C/C=C\C/C=C\C/C=C\C/C=C\C/C=C\CCCC(=O)NC(COP(=O)([O-])OCC[N+](C)(C)C)C(O)C(O)CCC/C=C/CC/C=C/CCCCC. The molecule has 0 saturated carbocycles. The molecule has 4 atom stereocenters. The number of carbonyl (C=O) groups is 1. The number of aliphatic hydroxyl groups is 2. The van der Waals surface area contributed by atoms with Gasteiger partial charge in [-0.3, -0.25) is 9.36 Å². The molecule has 0 aliphatic heterocycles. The van der Waals surface area contributed by atoms with Crippen molar-refractivity contribution in [3.8, 4) is 0 Å². The van der Waals surface area contributed by atoms with Gasteiger partial charge in [-0.2, -0.15) is 0 Å². The van der Waals surface area contributed by atoms with Gasteiger partial charge in [0.1, 0.15) is 19.3 Å². The topological polar surface area (TPSA) is 128 Å². The second-order valence-corrected chi connectivity index (χ2v) is 18.6. The summed E-state index contributed by atoms with van der Waals surface area (Å²) in [6.45, 7) is 4.18. The average molecular weight is 923 g/mol. The molecule has 65 heavy (non-hydrogen) atoms. The summed E-state index contributed by atoms with van der Waals surface area (Å²) in [6, 6.07) is -1.14. The van der Waals surface area contributed by atoms with Crippen molar-refractivity contribution < 1.29 is 38.0 Å². The Hall–Kier alpha value is -3.40. The summed E-state index contributed by atoms with van der Waals surface area (Å²) in [5, 5.41) is 24.5. The minimum absolute atomic E-state index is 0.0681. The van der Waals surface area contributed by atoms with E-state index in [-0.39, 0.29) is 25.4 Å². The van der Waals surface area contributed by atoms with E-state index in [2.05, 4.69) is 147 Å². The fraction of sp³-hybridized carbons (Fsp3) is 0.582. The Labute approximate surface area is 397 Å². The Morgan fingerprint density at radius 3 is 1.42 bits per heavy atom. The van der Waals surface area contributed by atoms with Gasteiger partial charge in [0.05, 0.1) is 39.9 Å². The first-order valence-electron chi connectivity index (χ1n) is 24.6. The molecule has 0 saturated heterocycles. The van der Waals surface area contributed by atoms with Crippen molar-refractivity contribution in [3.63, 3.8) is 0 Å². The van der Waals surface area contributed by atoms with Gasteiger partial charge in [0.25, 0.3) is 7.82 Å². The highest BCUT2D eigenvalue weighted by Crippen LogP contribution is 2.38. The molecule has 0 heterocycles. The van der Waals surface area contributed by atoms with E-state index >= 15 is 0 Å². The molecule has 0 aliphatic rings. The van der Waals surface area contributed by atoms with E-state index in [1.165, 1.54) is 19.3 Å². The van der Waals surface area contributed by atoms with Gasteiger partial charge in [-0.1, -0.05) is 160 Å². The van der Waals surface area contributed by atoms with Crippen LogP contribution in [0.3, 0.4) is 0 Å². The maximum absolute atomic E-state index is 12.9. The second kappa shape index (κ2) is 44.4. The van der Waals surface area contributed by atoms with E-state index < -0.39 is 32.7 Å². The van der Waals surface area contributed by atoms with Gasteiger partial charge in [0.2, 0.25) is 5.91 Å². The molecule has 9 nitrogen and oxygen atoms in total. The first kappa shape index (κ1) is 61.6. The molecule has 3 N–H and O–H groups in total. The van der Waals surface area contributed by atoms with Gasteiger partial charge in [0.15, 0.2) is 0 Å². The van der Waals surface area contributed by atoms with Crippen molar-refractivity contribution in [1.29, 1.82) is 0 Å². The molecular weight excluding hydrogens is 832 g/mol. The number of aliphatic hydroxyl groups excluding tert-OH is 2. The number of likely N-dealkylation sites (N-methyl/N-ethyl adjacent to an activating group) is 1. The summed E-state index contributed by atoms with van der Waals surface area (Å²) in [5.41, 5.74) is 0. The highest BCUT2D eigenvalue weighted by atomic mass is 31.2. The number of allylic oxidation sites excluding steroid dienone is 22. The number of nitrogens with one attached hydrogen (secondary N) is 1. The molecule has 0 aromatic rings. The maximum Gasteiger partial charge on any atom is 0.268 e. The number of rotatable bonds is 42. The molecule has 0 spiro atoms. The number of hydrogen-bond acceptors (Lipinski definition) is 7. The van der Waals surface area contributed by atoms with Crippen LogP contribution >= 0.6 is 7.82 Å². The van der Waals surface area contributed by atoms with E-state index in [1.54, 1.807) is 0 Å². The molecule has 0 aromatic carbocycles. The lowest BCUT2D eigenvalue weighted by Crippen LogP contribution is -2.51. The lowest BCUT2D eigenvalue weighted by Gasteiger charge is -2.31. The zero-order valence-electron chi connectivity index (χ0n) is 41.2. The number of phosphoric acid groups is 1. The normalized spacial score (nSPS) is 15.8. The van der Waals surface area contributed by atoms with E-state index in [9.17, 15) is 24.5 Å². The highest BCUT2D eigenvalue weighted by molar-refractivity contribution is 7.45. The molecule has 10 heteroatoms. The van der Waals surface area contributed by atoms with Crippen LogP contribution in [0.5, 0.6) is 0 Å². The number of phosphoric ester groups is 1. The Kier molecular flexibility index (Phi) is 42.1. The van der Waals surface area contributed by atoms with Crippen LogP contribution in [0.4, 0.5) is 0 Å². The van der Waals surface area contributed by atoms with Crippen LogP contribution in [-0.4, -0.2) is 79.8 Å². The van der Waals surface area contributed by atoms with Gasteiger partial charge in [0, 0.05) is 6.42 Å². The predicted octanol–water partition coefficient (Wildman–Crippen LogP) is 12.8. The first-order chi connectivity index (χ1) is 31.4. The van der Waals surface area contributed by atoms with Crippen LogP contribution in [0, 0.1) is 0 Å². The molecule has 0 bridgehead atoms. The zero-order valence-corrected chi connectivity index (χ0v) is 42.1. The summed E-state index contributed by atoms with van der Waals surface area (Å²) in [4.78, 5) is 25.4. The van der Waals surface area contributed by atoms with Crippen LogP contribution < -0.4 is 10.2 Å². The smallest absolute Gasteiger partial charge is 0.268 e. The summed E-state index contributed by atoms with van der Waals surface area (Å²) in [7, 11) is 1.03. The number of unbranched alkanes of at least 4 members (excludes halogenated alkanes) is 6. The van der Waals surface area contributed by atoms with Crippen molar-refractivity contribution in [2.75, 3.05) is 40.9 Å². The number of nitrogens with zero attached hydrogens (tertiary/aromatic N) is 1. The standard InChI is InChI=1S/C55H91N2O7P/c1-6-8-10-12-14-16-18-20-21-22-23-24-25-26-27-28-29-30-31-32-33-34-35-36-38-40-42-44-46-48-54(59)56-52(51-64-65(61,62)63-50-49-57(3,4)5)55(60)53(58)47-45-43-41-39-37-19-17-15-13-11-9-7-2/h8,10,14-17,20-21,23-24,26-27,29-30,32-33,35-36,39-42,52-53,55,58,60H,6-7,9,11-13,18-19,22,25,28,31,34,37-38,43-51H2,1-5H3,(H-,56,59,61,62)/b10-8-,16-14-,17-15+,21-20-,24-23-,27-26-,30-29-,33-32-,36-35-,41-39+,42-40-. The highest BCUT2D eigenvalue weighted by Gasteiger charge is 2.29. The predicted molar refractivity (Wildman–Crippen MR) is 275 cm³/mol. The molecule has 0 fully saturated rings. The van der Waals surface area contributed by atoms with Gasteiger partial charge in [-0.05, 0) is 116 Å². The van der Waals surface area contributed by atoms with Crippen LogP contribution in [-0.2, 0) is 18.4 Å². The van der Waals surface area contributed by atoms with Crippen molar-refractivity contribution in [1.82, 2.24) is 5.32 Å². The van der Waals surface area contributed by atoms with Crippen molar-refractivity contribution in [2.24, 2.45) is 0 Å². The summed E-state index contributed by atoms with van der Waals surface area (Å²) < 4.78 is 23.1. The van der Waals surface area contributed by atoms with E-state index in [0.29, 0.717) is 30.3 Å². The van der Waals surface area contributed by atoms with Crippen LogP contribution in [0.1, 0.15) is 149 Å². The third-order valence-electron chi connectivity index (χ3n) is 9.94. The first-order valence-corrected chi connectivity index (χ1v) is 26.1. The Morgan fingerprint density at radius 1 is 0.569 bits per heavy atom. The Morgan fingerprint density at radius 2 is 0.969 bits per heavy atom. The van der Waals surface area contributed by atoms with E-state index in [0.717, 1.165) is 83.5 Å². The van der Waals surface area contributed by atoms with Crippen molar-refractivity contribution in [2.45, 2.75) is 167 Å².